The average Bonchev–Trinajstić information content (AvgIpc) is 2.99. The fraction of sp³-hybridized carbons (Fsp3) is 0.222. The van der Waals surface area contributed by atoms with Crippen LogP contribution in [0, 0.1) is 0 Å². The third-order valence-electron chi connectivity index (χ3n) is 5.89. The maximum absolute atomic E-state index is 13.5. The summed E-state index contributed by atoms with van der Waals surface area (Å²) in [6.07, 6.45) is 0. The second-order valence-electron chi connectivity index (χ2n) is 8.06. The SMILES string of the molecule is COc1cc2c(cc1OC)C(c1ccccc1)=NC(c1ccccc1CN(C)C(C)=O)C(=O)N2. The number of benzene rings is 3. The lowest BCUT2D eigenvalue weighted by molar-refractivity contribution is -0.128. The Morgan fingerprint density at radius 2 is 1.65 bits per heavy atom. The number of rotatable bonds is 6. The van der Waals surface area contributed by atoms with Crippen LogP contribution < -0.4 is 14.8 Å². The van der Waals surface area contributed by atoms with Crippen LogP contribution in [0.2, 0.25) is 0 Å². The molecule has 0 bridgehead atoms. The van der Waals surface area contributed by atoms with Gasteiger partial charge in [0.25, 0.3) is 5.91 Å². The van der Waals surface area contributed by atoms with Gasteiger partial charge in [-0.1, -0.05) is 54.6 Å². The molecule has 3 aromatic carbocycles. The summed E-state index contributed by atoms with van der Waals surface area (Å²) in [4.78, 5) is 32.0. The topological polar surface area (TPSA) is 80.2 Å². The van der Waals surface area contributed by atoms with Crippen LogP contribution in [0.25, 0.3) is 0 Å². The van der Waals surface area contributed by atoms with Gasteiger partial charge in [-0.05, 0) is 17.2 Å². The summed E-state index contributed by atoms with van der Waals surface area (Å²) in [6.45, 7) is 1.89. The quantitative estimate of drug-likeness (QED) is 0.601. The van der Waals surface area contributed by atoms with Crippen molar-refractivity contribution in [2.75, 3.05) is 26.6 Å². The van der Waals surface area contributed by atoms with Crippen LogP contribution in [0.5, 0.6) is 11.5 Å². The smallest absolute Gasteiger partial charge is 0.253 e. The molecule has 2 amide bonds. The van der Waals surface area contributed by atoms with E-state index in [-0.39, 0.29) is 11.8 Å². The van der Waals surface area contributed by atoms with Crippen molar-refractivity contribution >= 4 is 23.2 Å². The predicted molar refractivity (Wildman–Crippen MR) is 132 cm³/mol. The number of carbonyl (C=O) groups excluding carboxylic acids is 2. The molecule has 174 valence electrons. The highest BCUT2D eigenvalue weighted by Crippen LogP contribution is 2.38. The highest BCUT2D eigenvalue weighted by molar-refractivity contribution is 6.20. The second-order valence-corrected chi connectivity index (χ2v) is 8.06. The predicted octanol–water partition coefficient (Wildman–Crippen LogP) is 4.21. The first-order valence-corrected chi connectivity index (χ1v) is 10.9. The largest absolute Gasteiger partial charge is 0.493 e. The molecule has 1 unspecified atom stereocenters. The van der Waals surface area contributed by atoms with Crippen molar-refractivity contribution < 1.29 is 19.1 Å². The summed E-state index contributed by atoms with van der Waals surface area (Å²) >= 11 is 0. The summed E-state index contributed by atoms with van der Waals surface area (Å²) in [6, 6.07) is 20.1. The number of carbonyl (C=O) groups is 2. The molecule has 0 radical (unpaired) electrons. The molecule has 3 aromatic rings. The third-order valence-corrected chi connectivity index (χ3v) is 5.89. The third kappa shape index (κ3) is 4.50. The zero-order valence-corrected chi connectivity index (χ0v) is 19.7. The highest BCUT2D eigenvalue weighted by Gasteiger charge is 2.30. The van der Waals surface area contributed by atoms with Crippen molar-refractivity contribution in [2.24, 2.45) is 4.99 Å². The molecular weight excluding hydrogens is 430 g/mol. The van der Waals surface area contributed by atoms with Crippen molar-refractivity contribution in [2.45, 2.75) is 19.5 Å². The monoisotopic (exact) mass is 457 g/mol. The normalized spacial score (nSPS) is 14.9. The number of methoxy groups -OCH3 is 2. The number of amides is 2. The van der Waals surface area contributed by atoms with E-state index in [4.69, 9.17) is 14.5 Å². The number of hydrogen-bond acceptors (Lipinski definition) is 5. The van der Waals surface area contributed by atoms with Crippen LogP contribution in [0.3, 0.4) is 0 Å². The van der Waals surface area contributed by atoms with Gasteiger partial charge in [-0.15, -0.1) is 0 Å². The Labute approximate surface area is 199 Å². The molecule has 1 N–H and O–H groups in total. The van der Waals surface area contributed by atoms with Gasteiger partial charge >= 0.3 is 0 Å². The van der Waals surface area contributed by atoms with E-state index in [9.17, 15) is 9.59 Å². The molecule has 0 aromatic heterocycles. The van der Waals surface area contributed by atoms with Gasteiger partial charge in [0.1, 0.15) is 0 Å². The Morgan fingerprint density at radius 1 is 1.00 bits per heavy atom. The number of ether oxygens (including phenoxy) is 2. The zero-order valence-electron chi connectivity index (χ0n) is 19.7. The molecular formula is C27H27N3O4. The molecule has 1 atom stereocenters. The van der Waals surface area contributed by atoms with Gasteiger partial charge in [0.15, 0.2) is 17.5 Å². The Hall–Kier alpha value is -4.13. The molecule has 0 saturated carbocycles. The van der Waals surface area contributed by atoms with Crippen LogP contribution in [-0.4, -0.2) is 43.7 Å². The van der Waals surface area contributed by atoms with E-state index in [1.807, 2.05) is 60.7 Å². The summed E-state index contributed by atoms with van der Waals surface area (Å²) in [7, 11) is 4.86. The molecule has 34 heavy (non-hydrogen) atoms. The van der Waals surface area contributed by atoms with Crippen molar-refractivity contribution in [1.29, 1.82) is 0 Å². The fourth-order valence-corrected chi connectivity index (χ4v) is 3.99. The molecule has 1 aliphatic rings. The van der Waals surface area contributed by atoms with Gasteiger partial charge < -0.3 is 19.7 Å². The van der Waals surface area contributed by atoms with Crippen LogP contribution >= 0.6 is 0 Å². The van der Waals surface area contributed by atoms with Crippen LogP contribution in [-0.2, 0) is 16.1 Å². The Balaban J connectivity index is 1.91. The number of anilines is 1. The Kier molecular flexibility index (Phi) is 6.63. The van der Waals surface area contributed by atoms with Crippen LogP contribution in [0.4, 0.5) is 5.69 Å². The lowest BCUT2D eigenvalue weighted by Gasteiger charge is -2.20. The Morgan fingerprint density at radius 3 is 2.32 bits per heavy atom. The summed E-state index contributed by atoms with van der Waals surface area (Å²) < 4.78 is 11.0. The Bertz CT molecular complexity index is 1250. The molecule has 0 spiro atoms. The van der Waals surface area contributed by atoms with E-state index < -0.39 is 6.04 Å². The number of hydrogen-bond donors (Lipinski definition) is 1. The van der Waals surface area contributed by atoms with E-state index in [0.717, 1.165) is 22.3 Å². The minimum Gasteiger partial charge on any atom is -0.493 e. The minimum atomic E-state index is -0.809. The molecule has 1 heterocycles. The molecule has 0 saturated heterocycles. The lowest BCUT2D eigenvalue weighted by Crippen LogP contribution is -2.25. The van der Waals surface area contributed by atoms with Gasteiger partial charge in [-0.2, -0.15) is 0 Å². The minimum absolute atomic E-state index is 0.0554. The van der Waals surface area contributed by atoms with Crippen molar-refractivity contribution in [1.82, 2.24) is 4.90 Å². The lowest BCUT2D eigenvalue weighted by atomic mass is 9.98. The average molecular weight is 458 g/mol. The maximum Gasteiger partial charge on any atom is 0.253 e. The van der Waals surface area contributed by atoms with Crippen molar-refractivity contribution in [3.8, 4) is 11.5 Å². The fourth-order valence-electron chi connectivity index (χ4n) is 3.99. The van der Waals surface area contributed by atoms with Crippen molar-refractivity contribution in [3.63, 3.8) is 0 Å². The number of benzodiazepines with no additional fused rings is 1. The summed E-state index contributed by atoms with van der Waals surface area (Å²) in [5, 5.41) is 3.03. The first kappa shape index (κ1) is 23.0. The second kappa shape index (κ2) is 9.79. The summed E-state index contributed by atoms with van der Waals surface area (Å²) in [5.41, 5.74) is 4.46. The van der Waals surface area contributed by atoms with Gasteiger partial charge in [-0.3, -0.25) is 14.6 Å². The van der Waals surface area contributed by atoms with E-state index in [0.29, 0.717) is 29.4 Å². The van der Waals surface area contributed by atoms with Crippen LogP contribution in [0.15, 0.2) is 71.7 Å². The maximum atomic E-state index is 13.5. The summed E-state index contributed by atoms with van der Waals surface area (Å²) in [5.74, 6) is 0.731. The first-order valence-electron chi connectivity index (χ1n) is 10.9. The molecule has 7 nitrogen and oxygen atoms in total. The van der Waals surface area contributed by atoms with Gasteiger partial charge in [0.2, 0.25) is 5.91 Å². The molecule has 7 heteroatoms. The zero-order chi connectivity index (χ0) is 24.2. The number of nitrogens with one attached hydrogen (secondary N) is 1. The number of fused-ring (bicyclic) bond motifs is 1. The standard InChI is InChI=1S/C27H27N3O4/c1-17(31)30(2)16-19-12-8-9-13-20(19)26-27(32)28-22-15-24(34-4)23(33-3)14-21(22)25(29-26)18-10-6-5-7-11-18/h5-15,26H,16H2,1-4H3,(H,28,32). The first-order chi connectivity index (χ1) is 16.4. The molecule has 1 aliphatic heterocycles. The van der Waals surface area contributed by atoms with E-state index in [1.54, 1.807) is 32.2 Å². The number of nitrogens with zero attached hydrogens (tertiary/aromatic N) is 2. The van der Waals surface area contributed by atoms with E-state index in [1.165, 1.54) is 6.92 Å². The van der Waals surface area contributed by atoms with Gasteiger partial charge in [-0.25, -0.2) is 0 Å². The molecule has 4 rings (SSSR count). The highest BCUT2D eigenvalue weighted by atomic mass is 16.5. The van der Waals surface area contributed by atoms with Gasteiger partial charge in [0.05, 0.1) is 25.6 Å². The number of aliphatic imine (C=N–C) groups is 1. The van der Waals surface area contributed by atoms with E-state index >= 15 is 0 Å². The van der Waals surface area contributed by atoms with Crippen LogP contribution in [0.1, 0.15) is 35.2 Å². The molecule has 0 aliphatic carbocycles. The van der Waals surface area contributed by atoms with Gasteiger partial charge in [0, 0.05) is 37.7 Å². The van der Waals surface area contributed by atoms with E-state index in [2.05, 4.69) is 5.32 Å². The van der Waals surface area contributed by atoms with Crippen molar-refractivity contribution in [3.05, 3.63) is 89.0 Å². The molecule has 0 fully saturated rings.